The largest absolute Gasteiger partial charge is 0.477 e. The number of hydrogen-bond acceptors (Lipinski definition) is 3. The zero-order valence-electron chi connectivity index (χ0n) is 21.4. The number of amides is 3. The molecule has 3 N–H and O–H groups in total. The van der Waals surface area contributed by atoms with Gasteiger partial charge >= 0.3 is 17.9 Å². The van der Waals surface area contributed by atoms with Crippen LogP contribution in [0.1, 0.15) is 42.3 Å². The minimum Gasteiger partial charge on any atom is -0.477 e. The van der Waals surface area contributed by atoms with Gasteiger partial charge in [0.25, 0.3) is 5.91 Å². The first-order chi connectivity index (χ1) is 18.2. The molecule has 3 aromatic carbocycles. The van der Waals surface area contributed by atoms with Gasteiger partial charge < -0.3 is 15.7 Å². The van der Waals surface area contributed by atoms with Gasteiger partial charge in [-0.1, -0.05) is 68.2 Å². The van der Waals surface area contributed by atoms with Gasteiger partial charge in [-0.25, -0.2) is 9.59 Å². The summed E-state index contributed by atoms with van der Waals surface area (Å²) in [6, 6.07) is 17.8. The van der Waals surface area contributed by atoms with E-state index in [0.717, 1.165) is 5.56 Å². The van der Waals surface area contributed by atoms with E-state index in [1.54, 1.807) is 24.3 Å². The molecule has 0 bridgehead atoms. The normalized spacial score (nSPS) is 11.6. The van der Waals surface area contributed by atoms with Gasteiger partial charge in [0, 0.05) is 16.9 Å². The summed E-state index contributed by atoms with van der Waals surface area (Å²) in [6.07, 6.45) is 0. The van der Waals surface area contributed by atoms with E-state index in [9.17, 15) is 23.2 Å². The van der Waals surface area contributed by atoms with Crippen LogP contribution in [-0.2, 0) is 16.8 Å². The van der Waals surface area contributed by atoms with Gasteiger partial charge in [0.15, 0.2) is 0 Å². The Hall–Kier alpha value is -3.69. The van der Waals surface area contributed by atoms with Gasteiger partial charge in [0.05, 0.1) is 23.1 Å². The van der Waals surface area contributed by atoms with Crippen molar-refractivity contribution in [2.45, 2.75) is 38.7 Å². The van der Waals surface area contributed by atoms with Crippen LogP contribution in [-0.4, -0.2) is 35.5 Å². The predicted molar refractivity (Wildman–Crippen MR) is 148 cm³/mol. The van der Waals surface area contributed by atoms with Crippen molar-refractivity contribution in [1.29, 1.82) is 0 Å². The molecule has 0 saturated heterocycles. The van der Waals surface area contributed by atoms with Crippen LogP contribution in [0.4, 0.5) is 25.0 Å². The molecule has 0 spiro atoms. The molecule has 0 aliphatic heterocycles. The summed E-state index contributed by atoms with van der Waals surface area (Å²) in [5, 5.41) is 13.9. The molecule has 0 aliphatic rings. The Morgan fingerprint density at radius 1 is 0.897 bits per heavy atom. The van der Waals surface area contributed by atoms with Gasteiger partial charge in [0.1, 0.15) is 0 Å². The molecule has 3 aromatic rings. The molecular weight excluding hydrogens is 551 g/mol. The van der Waals surface area contributed by atoms with E-state index in [-0.39, 0.29) is 22.5 Å². The summed E-state index contributed by atoms with van der Waals surface area (Å²) in [7, 11) is 0. The van der Waals surface area contributed by atoms with Crippen molar-refractivity contribution in [1.82, 2.24) is 5.32 Å². The number of carbonyl (C=O) groups excluding carboxylic acids is 2. The van der Waals surface area contributed by atoms with Crippen LogP contribution in [0, 0.1) is 0 Å². The average molecular weight is 578 g/mol. The van der Waals surface area contributed by atoms with Crippen molar-refractivity contribution in [3.8, 4) is 0 Å². The van der Waals surface area contributed by atoms with Crippen LogP contribution in [0.3, 0.4) is 0 Å². The van der Waals surface area contributed by atoms with Gasteiger partial charge in [0.2, 0.25) is 0 Å². The predicted octanol–water partition coefficient (Wildman–Crippen LogP) is 6.98. The Bertz CT molecular complexity index is 1360. The number of carboxylic acid groups (broad SMARTS) is 1. The summed E-state index contributed by atoms with van der Waals surface area (Å²) in [5.74, 6) is -7.26. The summed E-state index contributed by atoms with van der Waals surface area (Å²) < 4.78 is 26.6. The number of benzene rings is 3. The van der Waals surface area contributed by atoms with Crippen LogP contribution >= 0.6 is 23.2 Å². The Morgan fingerprint density at radius 3 is 2.05 bits per heavy atom. The third-order valence-electron chi connectivity index (χ3n) is 5.80. The highest BCUT2D eigenvalue weighted by Crippen LogP contribution is 2.28. The molecule has 0 saturated carbocycles. The van der Waals surface area contributed by atoms with Crippen LogP contribution in [0.25, 0.3) is 0 Å². The summed E-state index contributed by atoms with van der Waals surface area (Å²) >= 11 is 12.1. The minimum atomic E-state index is -4.08. The van der Waals surface area contributed by atoms with Crippen LogP contribution in [0.2, 0.25) is 10.0 Å². The molecule has 206 valence electrons. The standard InChI is InChI=1S/C28H27Cl2F2N3O4/c1-27(2,3)19-8-11-21(12-9-19)35(26(39)34-20-10-13-22(29)23(30)14-20)15-17-4-6-18(7-5-17)24(36)33-16-28(31,32)25(37)38/h4-14H,15-16H2,1-3H3,(H,33,36)(H,34,39)(H,37,38). The molecule has 3 amide bonds. The number of carboxylic acids is 1. The zero-order chi connectivity index (χ0) is 29.0. The fraction of sp³-hybridized carbons (Fsp3) is 0.250. The summed E-state index contributed by atoms with van der Waals surface area (Å²) in [4.78, 5) is 37.6. The number of alkyl halides is 2. The molecule has 0 unspecified atom stereocenters. The summed E-state index contributed by atoms with van der Waals surface area (Å²) in [6.45, 7) is 5.02. The molecule has 0 fully saturated rings. The number of anilines is 2. The van der Waals surface area contributed by atoms with Crippen molar-refractivity contribution >= 4 is 52.5 Å². The number of urea groups is 1. The van der Waals surface area contributed by atoms with Gasteiger partial charge in [-0.2, -0.15) is 8.78 Å². The highest BCUT2D eigenvalue weighted by atomic mass is 35.5. The van der Waals surface area contributed by atoms with E-state index < -0.39 is 30.4 Å². The molecule has 39 heavy (non-hydrogen) atoms. The lowest BCUT2D eigenvalue weighted by Crippen LogP contribution is -2.42. The number of nitrogens with one attached hydrogen (secondary N) is 2. The Kier molecular flexibility index (Phi) is 9.19. The maximum atomic E-state index is 13.4. The molecule has 0 radical (unpaired) electrons. The van der Waals surface area contributed by atoms with Crippen LogP contribution in [0.5, 0.6) is 0 Å². The number of hydrogen-bond donors (Lipinski definition) is 3. The second-order valence-corrected chi connectivity index (χ2v) is 10.6. The lowest BCUT2D eigenvalue weighted by atomic mass is 9.87. The monoisotopic (exact) mass is 577 g/mol. The number of rotatable bonds is 8. The number of carbonyl (C=O) groups is 3. The third kappa shape index (κ3) is 7.91. The summed E-state index contributed by atoms with van der Waals surface area (Å²) in [5.41, 5.74) is 2.75. The van der Waals surface area contributed by atoms with Crippen molar-refractivity contribution in [2.24, 2.45) is 0 Å². The topological polar surface area (TPSA) is 98.7 Å². The SMILES string of the molecule is CC(C)(C)c1ccc(N(Cc2ccc(C(=O)NCC(F)(F)C(=O)O)cc2)C(=O)Nc2ccc(Cl)c(Cl)c2)cc1. The Balaban J connectivity index is 1.82. The van der Waals surface area contributed by atoms with Crippen molar-refractivity contribution in [3.05, 3.63) is 93.5 Å². The molecule has 11 heteroatoms. The van der Waals surface area contributed by atoms with Gasteiger partial charge in [-0.3, -0.25) is 9.69 Å². The van der Waals surface area contributed by atoms with E-state index in [1.165, 1.54) is 23.1 Å². The number of aliphatic carboxylic acids is 1. The minimum absolute atomic E-state index is 0.0567. The quantitative estimate of drug-likeness (QED) is 0.269. The Morgan fingerprint density at radius 2 is 1.51 bits per heavy atom. The molecule has 0 atom stereocenters. The fourth-order valence-electron chi connectivity index (χ4n) is 3.50. The first-order valence-electron chi connectivity index (χ1n) is 11.8. The first-order valence-corrected chi connectivity index (χ1v) is 12.6. The maximum absolute atomic E-state index is 13.4. The first kappa shape index (κ1) is 29.9. The number of halogens is 4. The second kappa shape index (κ2) is 12.0. The van der Waals surface area contributed by atoms with Crippen molar-refractivity contribution in [2.75, 3.05) is 16.8 Å². The second-order valence-electron chi connectivity index (χ2n) is 9.83. The number of nitrogens with zero attached hydrogens (tertiary/aromatic N) is 1. The highest BCUT2D eigenvalue weighted by molar-refractivity contribution is 6.42. The molecule has 0 aromatic heterocycles. The van der Waals surface area contributed by atoms with E-state index in [0.29, 0.717) is 22.0 Å². The van der Waals surface area contributed by atoms with Crippen LogP contribution in [0.15, 0.2) is 66.7 Å². The average Bonchev–Trinajstić information content (AvgIpc) is 2.88. The van der Waals surface area contributed by atoms with E-state index >= 15 is 0 Å². The van der Waals surface area contributed by atoms with E-state index in [4.69, 9.17) is 28.3 Å². The van der Waals surface area contributed by atoms with Gasteiger partial charge in [-0.15, -0.1) is 0 Å². The maximum Gasteiger partial charge on any atom is 0.376 e. The third-order valence-corrected chi connectivity index (χ3v) is 6.54. The molecule has 7 nitrogen and oxygen atoms in total. The van der Waals surface area contributed by atoms with E-state index in [2.05, 4.69) is 26.1 Å². The van der Waals surface area contributed by atoms with Crippen molar-refractivity contribution in [3.63, 3.8) is 0 Å². The lowest BCUT2D eigenvalue weighted by Gasteiger charge is -2.25. The lowest BCUT2D eigenvalue weighted by molar-refractivity contribution is -0.163. The van der Waals surface area contributed by atoms with E-state index in [1.807, 2.05) is 29.6 Å². The molecule has 0 aliphatic carbocycles. The van der Waals surface area contributed by atoms with Gasteiger partial charge in [-0.05, 0) is 59.0 Å². The molecule has 3 rings (SSSR count). The molecule has 0 heterocycles. The molecular formula is C28H27Cl2F2N3O4. The fourth-order valence-corrected chi connectivity index (χ4v) is 3.80. The zero-order valence-corrected chi connectivity index (χ0v) is 22.9. The smallest absolute Gasteiger partial charge is 0.376 e. The van der Waals surface area contributed by atoms with Crippen molar-refractivity contribution < 1.29 is 28.3 Å². The highest BCUT2D eigenvalue weighted by Gasteiger charge is 2.39. The van der Waals surface area contributed by atoms with Crippen LogP contribution < -0.4 is 15.5 Å². The Labute approximate surface area is 234 Å².